The van der Waals surface area contributed by atoms with Gasteiger partial charge in [0.15, 0.2) is 5.78 Å². The number of aryl methyl sites for hydroxylation is 1. The van der Waals surface area contributed by atoms with Crippen LogP contribution < -0.4 is 0 Å². The van der Waals surface area contributed by atoms with Gasteiger partial charge in [0.25, 0.3) is 0 Å². The van der Waals surface area contributed by atoms with Crippen molar-refractivity contribution in [2.45, 2.75) is 33.6 Å². The summed E-state index contributed by atoms with van der Waals surface area (Å²) < 4.78 is 4.80. The number of nitrogens with zero attached hydrogens (tertiary/aromatic N) is 1. The van der Waals surface area contributed by atoms with E-state index in [0.29, 0.717) is 12.2 Å². The van der Waals surface area contributed by atoms with Crippen molar-refractivity contribution in [3.63, 3.8) is 0 Å². The largest absolute Gasteiger partial charge is 0.466 e. The van der Waals surface area contributed by atoms with Crippen molar-refractivity contribution < 1.29 is 19.1 Å². The van der Waals surface area contributed by atoms with Gasteiger partial charge < -0.3 is 4.74 Å². The second-order valence-electron chi connectivity index (χ2n) is 4.62. The number of ether oxygens (including phenoxy) is 1. The Hall–Kier alpha value is -2.04. The molecule has 5 nitrogen and oxygen atoms in total. The van der Waals surface area contributed by atoms with Crippen LogP contribution in [0.3, 0.4) is 0 Å². The van der Waals surface area contributed by atoms with E-state index in [4.69, 9.17) is 4.74 Å². The van der Waals surface area contributed by atoms with Crippen molar-refractivity contribution in [1.82, 2.24) is 4.98 Å². The molecule has 0 N–H and O–H groups in total. The standard InChI is InChI=1S/C15H19NO4/c1-4-20-14(18)6-5-13(11(3)17)15(19)12-7-10(2)8-16-9-12/h7-9,13H,4-6H2,1-3H3. The molecule has 1 rings (SSSR count). The lowest BCUT2D eigenvalue weighted by Gasteiger charge is -2.12. The SMILES string of the molecule is CCOC(=O)CCC(C(C)=O)C(=O)c1cncc(C)c1. The smallest absolute Gasteiger partial charge is 0.305 e. The fourth-order valence-electron chi connectivity index (χ4n) is 1.91. The quantitative estimate of drug-likeness (QED) is 0.433. The van der Waals surface area contributed by atoms with Crippen molar-refractivity contribution in [3.05, 3.63) is 29.6 Å². The van der Waals surface area contributed by atoms with Crippen LogP contribution >= 0.6 is 0 Å². The maximum atomic E-state index is 12.3. The number of rotatable bonds is 7. The van der Waals surface area contributed by atoms with Gasteiger partial charge in [-0.2, -0.15) is 0 Å². The number of Topliss-reactive ketones (excluding diaryl/α,β-unsaturated/α-hetero) is 2. The average molecular weight is 277 g/mol. The molecule has 108 valence electrons. The number of pyridine rings is 1. The highest BCUT2D eigenvalue weighted by Gasteiger charge is 2.25. The average Bonchev–Trinajstić information content (AvgIpc) is 2.38. The van der Waals surface area contributed by atoms with Crippen molar-refractivity contribution in [1.29, 1.82) is 0 Å². The Bertz CT molecular complexity index is 510. The Morgan fingerprint density at radius 3 is 2.55 bits per heavy atom. The molecular weight excluding hydrogens is 258 g/mol. The molecule has 0 bridgehead atoms. The Kier molecular flexibility index (Phi) is 6.03. The summed E-state index contributed by atoms with van der Waals surface area (Å²) in [5.41, 5.74) is 1.25. The summed E-state index contributed by atoms with van der Waals surface area (Å²) in [6.45, 7) is 5.19. The highest BCUT2D eigenvalue weighted by atomic mass is 16.5. The second-order valence-corrected chi connectivity index (χ2v) is 4.62. The van der Waals surface area contributed by atoms with Crippen LogP contribution in [0.4, 0.5) is 0 Å². The zero-order chi connectivity index (χ0) is 15.1. The summed E-state index contributed by atoms with van der Waals surface area (Å²) in [7, 11) is 0. The van der Waals surface area contributed by atoms with Gasteiger partial charge in [0.2, 0.25) is 0 Å². The lowest BCUT2D eigenvalue weighted by atomic mass is 9.90. The molecule has 0 amide bonds. The molecule has 1 unspecified atom stereocenters. The van der Waals surface area contributed by atoms with E-state index < -0.39 is 11.9 Å². The van der Waals surface area contributed by atoms with Crippen LogP contribution in [0.5, 0.6) is 0 Å². The maximum absolute atomic E-state index is 12.3. The number of hydrogen-bond donors (Lipinski definition) is 0. The van der Waals surface area contributed by atoms with Gasteiger partial charge in [-0.3, -0.25) is 19.4 Å². The van der Waals surface area contributed by atoms with E-state index in [1.54, 1.807) is 19.2 Å². The molecule has 5 heteroatoms. The van der Waals surface area contributed by atoms with Crippen molar-refractivity contribution >= 4 is 17.5 Å². The molecule has 1 aromatic heterocycles. The number of esters is 1. The summed E-state index contributed by atoms with van der Waals surface area (Å²) in [6, 6.07) is 1.69. The van der Waals surface area contributed by atoms with Gasteiger partial charge >= 0.3 is 5.97 Å². The normalized spacial score (nSPS) is 11.8. The summed E-state index contributed by atoms with van der Waals surface area (Å²) in [5, 5.41) is 0. The molecule has 0 radical (unpaired) electrons. The Morgan fingerprint density at radius 2 is 2.00 bits per heavy atom. The van der Waals surface area contributed by atoms with E-state index in [2.05, 4.69) is 4.98 Å². The van der Waals surface area contributed by atoms with Crippen LogP contribution in [0.2, 0.25) is 0 Å². The minimum absolute atomic E-state index is 0.0586. The second kappa shape index (κ2) is 7.53. The molecule has 0 aliphatic rings. The van der Waals surface area contributed by atoms with E-state index >= 15 is 0 Å². The van der Waals surface area contributed by atoms with Crippen LogP contribution in [0.1, 0.15) is 42.6 Å². The Morgan fingerprint density at radius 1 is 1.30 bits per heavy atom. The molecular formula is C15H19NO4. The molecule has 1 heterocycles. The van der Waals surface area contributed by atoms with Gasteiger partial charge in [0, 0.05) is 24.4 Å². The van der Waals surface area contributed by atoms with E-state index in [1.165, 1.54) is 13.1 Å². The first-order chi connectivity index (χ1) is 9.45. The minimum Gasteiger partial charge on any atom is -0.466 e. The van der Waals surface area contributed by atoms with Gasteiger partial charge in [-0.15, -0.1) is 0 Å². The monoisotopic (exact) mass is 277 g/mol. The summed E-state index contributed by atoms with van der Waals surface area (Å²) in [6.07, 6.45) is 3.30. The Labute approximate surface area is 118 Å². The van der Waals surface area contributed by atoms with Gasteiger partial charge in [0.1, 0.15) is 5.78 Å². The Balaban J connectivity index is 2.78. The molecule has 0 aliphatic heterocycles. The molecule has 0 aliphatic carbocycles. The van der Waals surface area contributed by atoms with E-state index in [-0.39, 0.29) is 24.4 Å². The van der Waals surface area contributed by atoms with Crippen LogP contribution in [0.25, 0.3) is 0 Å². The minimum atomic E-state index is -0.817. The zero-order valence-electron chi connectivity index (χ0n) is 12.0. The first-order valence-electron chi connectivity index (χ1n) is 6.57. The summed E-state index contributed by atoms with van der Waals surface area (Å²) >= 11 is 0. The number of hydrogen-bond acceptors (Lipinski definition) is 5. The van der Waals surface area contributed by atoms with E-state index in [0.717, 1.165) is 5.56 Å². The van der Waals surface area contributed by atoms with Gasteiger partial charge in [0.05, 0.1) is 12.5 Å². The first kappa shape index (κ1) is 16.0. The van der Waals surface area contributed by atoms with Gasteiger partial charge in [-0.05, 0) is 38.8 Å². The van der Waals surface area contributed by atoms with Gasteiger partial charge in [-0.25, -0.2) is 0 Å². The van der Waals surface area contributed by atoms with Crippen molar-refractivity contribution in [2.24, 2.45) is 5.92 Å². The molecule has 0 saturated heterocycles. The third-order valence-corrected chi connectivity index (χ3v) is 2.91. The maximum Gasteiger partial charge on any atom is 0.305 e. The molecule has 0 spiro atoms. The third kappa shape index (κ3) is 4.57. The van der Waals surface area contributed by atoms with Gasteiger partial charge in [-0.1, -0.05) is 0 Å². The van der Waals surface area contributed by atoms with Crippen LogP contribution in [0.15, 0.2) is 18.5 Å². The van der Waals surface area contributed by atoms with Crippen molar-refractivity contribution in [3.8, 4) is 0 Å². The number of ketones is 2. The molecule has 0 saturated carbocycles. The van der Waals surface area contributed by atoms with Crippen molar-refractivity contribution in [2.75, 3.05) is 6.61 Å². The highest BCUT2D eigenvalue weighted by Crippen LogP contribution is 2.16. The third-order valence-electron chi connectivity index (χ3n) is 2.91. The molecule has 1 atom stereocenters. The fourth-order valence-corrected chi connectivity index (χ4v) is 1.91. The van der Waals surface area contributed by atoms with Crippen LogP contribution in [-0.2, 0) is 14.3 Å². The predicted octanol–water partition coefficient (Wildman–Crippen LogP) is 2.12. The van der Waals surface area contributed by atoms with Crippen LogP contribution in [-0.4, -0.2) is 29.1 Å². The fraction of sp³-hybridized carbons (Fsp3) is 0.467. The summed E-state index contributed by atoms with van der Waals surface area (Å²) in [4.78, 5) is 39.2. The molecule has 1 aromatic rings. The molecule has 20 heavy (non-hydrogen) atoms. The molecule has 0 fully saturated rings. The topological polar surface area (TPSA) is 73.3 Å². The highest BCUT2D eigenvalue weighted by molar-refractivity contribution is 6.10. The number of carbonyl (C=O) groups excluding carboxylic acids is 3. The van der Waals surface area contributed by atoms with E-state index in [1.807, 2.05) is 6.92 Å². The summed E-state index contributed by atoms with van der Waals surface area (Å²) in [5.74, 6) is -1.75. The lowest BCUT2D eigenvalue weighted by Crippen LogP contribution is -2.23. The first-order valence-corrected chi connectivity index (χ1v) is 6.57. The predicted molar refractivity (Wildman–Crippen MR) is 73.3 cm³/mol. The van der Waals surface area contributed by atoms with E-state index in [9.17, 15) is 14.4 Å². The van der Waals surface area contributed by atoms with Crippen LogP contribution in [0, 0.1) is 12.8 Å². The zero-order valence-corrected chi connectivity index (χ0v) is 12.0. The number of carbonyl (C=O) groups is 3. The lowest BCUT2D eigenvalue weighted by molar-refractivity contribution is -0.143. The number of aromatic nitrogens is 1. The molecule has 0 aromatic carbocycles.